The molecule has 12 heteroatoms. The Morgan fingerprint density at radius 2 is 1.82 bits per heavy atom. The third-order valence-electron chi connectivity index (χ3n) is 4.56. The van der Waals surface area contributed by atoms with Crippen molar-refractivity contribution in [3.8, 4) is 5.75 Å². The maximum atomic E-state index is 13.3. The molecule has 0 bridgehead atoms. The number of methoxy groups -OCH3 is 1. The Labute approximate surface area is 200 Å². The molecule has 0 aliphatic rings. The highest BCUT2D eigenvalue weighted by atomic mass is 35.5. The molecule has 34 heavy (non-hydrogen) atoms. The molecule has 0 aliphatic heterocycles. The van der Waals surface area contributed by atoms with Gasteiger partial charge in [0.1, 0.15) is 12.3 Å². The van der Waals surface area contributed by atoms with Crippen molar-refractivity contribution < 1.29 is 22.9 Å². The number of nitro benzene ring substituents is 1. The van der Waals surface area contributed by atoms with Crippen LogP contribution in [0.3, 0.4) is 0 Å². The van der Waals surface area contributed by atoms with Gasteiger partial charge in [0.15, 0.2) is 0 Å². The van der Waals surface area contributed by atoms with Gasteiger partial charge in [-0.3, -0.25) is 19.2 Å². The minimum atomic E-state index is -4.14. The number of ether oxygens (including phenoxy) is 1. The van der Waals surface area contributed by atoms with Crippen molar-refractivity contribution in [1.29, 1.82) is 0 Å². The van der Waals surface area contributed by atoms with E-state index in [-0.39, 0.29) is 32.6 Å². The van der Waals surface area contributed by atoms with Crippen LogP contribution in [0.1, 0.15) is 5.56 Å². The van der Waals surface area contributed by atoms with Gasteiger partial charge < -0.3 is 4.74 Å². The van der Waals surface area contributed by atoms with Crippen LogP contribution in [-0.4, -0.2) is 39.1 Å². The van der Waals surface area contributed by atoms with Crippen LogP contribution in [-0.2, 0) is 14.8 Å². The van der Waals surface area contributed by atoms with Gasteiger partial charge in [0.05, 0.1) is 28.8 Å². The molecule has 0 saturated carbocycles. The third kappa shape index (κ3) is 5.69. The lowest BCUT2D eigenvalue weighted by atomic mass is 10.2. The summed E-state index contributed by atoms with van der Waals surface area (Å²) >= 11 is 6.01. The van der Waals surface area contributed by atoms with E-state index in [9.17, 15) is 23.3 Å². The first kappa shape index (κ1) is 24.7. The van der Waals surface area contributed by atoms with Crippen LogP contribution in [0.25, 0.3) is 0 Å². The molecular weight excluding hydrogens is 484 g/mol. The SMILES string of the molecule is COc1ccccc1N(CC(=O)N/N=C\c1cc([N+](=O)[O-])ccc1Cl)S(=O)(=O)c1ccccc1. The lowest BCUT2D eigenvalue weighted by Crippen LogP contribution is -2.39. The zero-order chi connectivity index (χ0) is 24.7. The Hall–Kier alpha value is -3.96. The topological polar surface area (TPSA) is 131 Å². The molecule has 3 aromatic carbocycles. The van der Waals surface area contributed by atoms with Gasteiger partial charge in [-0.2, -0.15) is 5.10 Å². The van der Waals surface area contributed by atoms with Crippen LogP contribution in [0, 0.1) is 10.1 Å². The molecule has 0 atom stereocenters. The average Bonchev–Trinajstić information content (AvgIpc) is 2.84. The second-order valence-corrected chi connectivity index (χ2v) is 9.02. The number of amides is 1. The average molecular weight is 503 g/mol. The van der Waals surface area contributed by atoms with Gasteiger partial charge in [-0.05, 0) is 30.3 Å². The van der Waals surface area contributed by atoms with E-state index in [1.807, 2.05) is 0 Å². The smallest absolute Gasteiger partial charge is 0.270 e. The normalized spacial score (nSPS) is 11.2. The first-order valence-electron chi connectivity index (χ1n) is 9.70. The summed E-state index contributed by atoms with van der Waals surface area (Å²) in [5.41, 5.74) is 2.39. The number of rotatable bonds is 9. The van der Waals surface area contributed by atoms with Crippen molar-refractivity contribution in [2.75, 3.05) is 18.0 Å². The van der Waals surface area contributed by atoms with E-state index in [0.717, 1.165) is 10.5 Å². The van der Waals surface area contributed by atoms with E-state index in [4.69, 9.17) is 16.3 Å². The fraction of sp³-hybridized carbons (Fsp3) is 0.0909. The molecular formula is C22H19ClN4O6S. The quantitative estimate of drug-likeness (QED) is 0.270. The minimum Gasteiger partial charge on any atom is -0.495 e. The molecule has 176 valence electrons. The summed E-state index contributed by atoms with van der Waals surface area (Å²) in [5, 5.41) is 14.9. The van der Waals surface area contributed by atoms with Crippen molar-refractivity contribution in [3.05, 3.63) is 93.5 Å². The number of nitro groups is 1. The van der Waals surface area contributed by atoms with Crippen LogP contribution in [0.2, 0.25) is 5.02 Å². The van der Waals surface area contributed by atoms with E-state index < -0.39 is 27.4 Å². The highest BCUT2D eigenvalue weighted by molar-refractivity contribution is 7.92. The van der Waals surface area contributed by atoms with E-state index in [1.54, 1.807) is 36.4 Å². The molecule has 1 N–H and O–H groups in total. The Balaban J connectivity index is 1.87. The summed E-state index contributed by atoms with van der Waals surface area (Å²) in [4.78, 5) is 23.0. The van der Waals surface area contributed by atoms with Crippen LogP contribution in [0.15, 0.2) is 82.8 Å². The first-order valence-corrected chi connectivity index (χ1v) is 11.5. The van der Waals surface area contributed by atoms with Gasteiger partial charge in [-0.15, -0.1) is 0 Å². The zero-order valence-corrected chi connectivity index (χ0v) is 19.4. The second kappa shape index (κ2) is 10.8. The van der Waals surface area contributed by atoms with Gasteiger partial charge in [0.2, 0.25) is 0 Å². The maximum Gasteiger partial charge on any atom is 0.270 e. The Bertz CT molecular complexity index is 1330. The van der Waals surface area contributed by atoms with E-state index in [2.05, 4.69) is 10.5 Å². The fourth-order valence-electron chi connectivity index (χ4n) is 2.94. The summed E-state index contributed by atoms with van der Waals surface area (Å²) in [6.45, 7) is -0.613. The number of anilines is 1. The van der Waals surface area contributed by atoms with Crippen molar-refractivity contribution >= 4 is 45.1 Å². The van der Waals surface area contributed by atoms with Crippen molar-refractivity contribution in [2.45, 2.75) is 4.90 Å². The summed E-state index contributed by atoms with van der Waals surface area (Å²) in [6, 6.07) is 17.8. The Morgan fingerprint density at radius 3 is 2.50 bits per heavy atom. The lowest BCUT2D eigenvalue weighted by Gasteiger charge is -2.25. The van der Waals surface area contributed by atoms with Gasteiger partial charge >= 0.3 is 0 Å². The molecule has 0 heterocycles. The summed E-state index contributed by atoms with van der Waals surface area (Å²) in [7, 11) is -2.75. The summed E-state index contributed by atoms with van der Waals surface area (Å²) in [6.07, 6.45) is 1.13. The summed E-state index contributed by atoms with van der Waals surface area (Å²) < 4.78 is 32.9. The van der Waals surface area contributed by atoms with Gasteiger partial charge in [0.25, 0.3) is 21.6 Å². The maximum absolute atomic E-state index is 13.3. The molecule has 0 unspecified atom stereocenters. The number of carbonyl (C=O) groups excluding carboxylic acids is 1. The summed E-state index contributed by atoms with van der Waals surface area (Å²) in [5.74, 6) is -0.509. The number of halogens is 1. The molecule has 1 amide bonds. The third-order valence-corrected chi connectivity index (χ3v) is 6.67. The van der Waals surface area contributed by atoms with Gasteiger partial charge in [-0.1, -0.05) is 41.9 Å². The number of nitrogens with zero attached hydrogens (tertiary/aromatic N) is 3. The van der Waals surface area contributed by atoms with Crippen molar-refractivity contribution in [2.24, 2.45) is 5.10 Å². The number of non-ortho nitro benzene ring substituents is 1. The number of nitrogens with one attached hydrogen (secondary N) is 1. The number of benzene rings is 3. The number of carbonyl (C=O) groups is 1. The molecule has 0 radical (unpaired) electrons. The first-order chi connectivity index (χ1) is 16.2. The fourth-order valence-corrected chi connectivity index (χ4v) is 4.56. The zero-order valence-electron chi connectivity index (χ0n) is 17.8. The number of hydrogen-bond donors (Lipinski definition) is 1. The van der Waals surface area contributed by atoms with Crippen LogP contribution < -0.4 is 14.5 Å². The molecule has 0 aromatic heterocycles. The molecule has 3 aromatic rings. The van der Waals surface area contributed by atoms with Gasteiger partial charge in [0, 0.05) is 22.7 Å². The Morgan fingerprint density at radius 1 is 1.15 bits per heavy atom. The predicted molar refractivity (Wildman–Crippen MR) is 128 cm³/mol. The number of para-hydroxylation sites is 2. The number of hydrazone groups is 1. The molecule has 3 rings (SSSR count). The number of hydrogen-bond acceptors (Lipinski definition) is 7. The van der Waals surface area contributed by atoms with E-state index in [0.29, 0.717) is 0 Å². The predicted octanol–water partition coefficient (Wildman–Crippen LogP) is 3.60. The minimum absolute atomic E-state index is 0.0133. The van der Waals surface area contributed by atoms with Crippen molar-refractivity contribution in [3.63, 3.8) is 0 Å². The van der Waals surface area contributed by atoms with E-state index in [1.165, 1.54) is 43.5 Å². The molecule has 0 fully saturated rings. The monoisotopic (exact) mass is 502 g/mol. The lowest BCUT2D eigenvalue weighted by molar-refractivity contribution is -0.384. The van der Waals surface area contributed by atoms with E-state index >= 15 is 0 Å². The van der Waals surface area contributed by atoms with Gasteiger partial charge in [-0.25, -0.2) is 13.8 Å². The van der Waals surface area contributed by atoms with Crippen LogP contribution in [0.4, 0.5) is 11.4 Å². The highest BCUT2D eigenvalue weighted by Gasteiger charge is 2.29. The van der Waals surface area contributed by atoms with Crippen molar-refractivity contribution in [1.82, 2.24) is 5.43 Å². The largest absolute Gasteiger partial charge is 0.495 e. The number of sulfonamides is 1. The second-order valence-electron chi connectivity index (χ2n) is 6.75. The van der Waals surface area contributed by atoms with Crippen LogP contribution in [0.5, 0.6) is 5.75 Å². The molecule has 10 nitrogen and oxygen atoms in total. The molecule has 0 aliphatic carbocycles. The van der Waals surface area contributed by atoms with Crippen LogP contribution >= 0.6 is 11.6 Å². The highest BCUT2D eigenvalue weighted by Crippen LogP contribution is 2.32. The molecule has 0 spiro atoms. The Kier molecular flexibility index (Phi) is 7.82. The molecule has 0 saturated heterocycles. The standard InChI is InChI=1S/C22H19ClN4O6S/c1-33-21-10-6-5-9-20(21)26(34(31,32)18-7-3-2-4-8-18)15-22(28)25-24-14-16-13-17(27(29)30)11-12-19(16)23/h2-14H,15H2,1H3,(H,25,28)/b24-14-.